The molecule has 1 aliphatic heterocycles. The molecule has 1 N–H and O–H groups in total. The number of carbonyl (C=O) groups excluding carboxylic acids is 2. The van der Waals surface area contributed by atoms with Crippen molar-refractivity contribution in [2.45, 2.75) is 6.61 Å². The predicted octanol–water partition coefficient (Wildman–Crippen LogP) is 4.88. The van der Waals surface area contributed by atoms with E-state index in [2.05, 4.69) is 74.8 Å². The molecule has 0 bridgehead atoms. The summed E-state index contributed by atoms with van der Waals surface area (Å²) in [6, 6.07) is 18.2. The molecule has 3 aromatic rings. The van der Waals surface area contributed by atoms with Gasteiger partial charge in [-0.15, -0.1) is 0 Å². The number of hydrogen-bond acceptors (Lipinski definition) is 4. The summed E-state index contributed by atoms with van der Waals surface area (Å²) in [6.07, 6.45) is 1.58. The molecular weight excluding hydrogens is 638 g/mol. The van der Waals surface area contributed by atoms with Crippen molar-refractivity contribution >= 4 is 91.2 Å². The van der Waals surface area contributed by atoms with Crippen LogP contribution in [0.4, 0.5) is 0 Å². The third-order valence-electron chi connectivity index (χ3n) is 4.89. The zero-order valence-corrected chi connectivity index (χ0v) is 21.4. The Morgan fingerprint density at radius 3 is 2.48 bits per heavy atom. The van der Waals surface area contributed by atoms with E-state index in [0.717, 1.165) is 24.0 Å². The molecule has 1 saturated heterocycles. The van der Waals surface area contributed by atoms with Crippen LogP contribution in [0.2, 0.25) is 0 Å². The molecule has 2 amide bonds. The van der Waals surface area contributed by atoms with Gasteiger partial charge in [-0.3, -0.25) is 19.8 Å². The van der Waals surface area contributed by atoms with Crippen LogP contribution in [0.5, 0.6) is 5.75 Å². The predicted molar refractivity (Wildman–Crippen MR) is 142 cm³/mol. The van der Waals surface area contributed by atoms with Crippen LogP contribution in [0.3, 0.4) is 0 Å². The quantitative estimate of drug-likeness (QED) is 0.189. The van der Waals surface area contributed by atoms with Gasteiger partial charge in [0.2, 0.25) is 0 Å². The summed E-state index contributed by atoms with van der Waals surface area (Å²) in [5.41, 5.74) is 1.90. The number of thiocarbonyl (C=S) groups is 1. The number of likely N-dealkylation sites (N-methyl/N-ethyl adjacent to an activating group) is 1. The number of nitrogens with zero attached hydrogens (tertiary/aromatic N) is 1. The molecule has 1 aliphatic rings. The summed E-state index contributed by atoms with van der Waals surface area (Å²) in [4.78, 5) is 25.9. The number of halogens is 2. The van der Waals surface area contributed by atoms with Gasteiger partial charge in [-0.2, -0.15) is 0 Å². The summed E-state index contributed by atoms with van der Waals surface area (Å²) >= 11 is 9.40. The average Bonchev–Trinajstić information content (AvgIpc) is 2.75. The van der Waals surface area contributed by atoms with Gasteiger partial charge in [0, 0.05) is 7.05 Å². The van der Waals surface area contributed by atoms with E-state index in [9.17, 15) is 9.59 Å². The largest absolute Gasteiger partial charge is 0.487 e. The Kier molecular flexibility index (Phi) is 6.58. The molecule has 0 radical (unpaired) electrons. The summed E-state index contributed by atoms with van der Waals surface area (Å²) in [5, 5.41) is 4.97. The first kappa shape index (κ1) is 22.2. The number of rotatable bonds is 4. The van der Waals surface area contributed by atoms with Gasteiger partial charge in [0.25, 0.3) is 11.8 Å². The second-order valence-electron chi connectivity index (χ2n) is 6.92. The van der Waals surface area contributed by atoms with Gasteiger partial charge in [-0.05, 0) is 97.5 Å². The Labute approximate surface area is 212 Å². The minimum Gasteiger partial charge on any atom is -0.487 e. The van der Waals surface area contributed by atoms with Gasteiger partial charge >= 0.3 is 0 Å². The first-order valence-electron chi connectivity index (χ1n) is 9.28. The maximum absolute atomic E-state index is 12.4. The van der Waals surface area contributed by atoms with Gasteiger partial charge in [-0.25, -0.2) is 0 Å². The molecule has 5 nitrogen and oxygen atoms in total. The lowest BCUT2D eigenvalue weighted by molar-refractivity contribution is -0.128. The molecule has 0 unspecified atom stereocenters. The lowest BCUT2D eigenvalue weighted by Crippen LogP contribution is -2.52. The SMILES string of the molecule is CN1C(=O)/C(=C/c2cc(I)c(OCc3cccc4ccccc34)c(I)c2)C(=O)NC1=S. The number of carbonyl (C=O) groups is 2. The topological polar surface area (TPSA) is 58.6 Å². The molecule has 3 aromatic carbocycles. The fourth-order valence-electron chi connectivity index (χ4n) is 3.28. The molecule has 0 atom stereocenters. The minimum absolute atomic E-state index is 0.0483. The van der Waals surface area contributed by atoms with Gasteiger partial charge < -0.3 is 4.74 Å². The van der Waals surface area contributed by atoms with Crippen LogP contribution < -0.4 is 10.1 Å². The first-order chi connectivity index (χ1) is 14.8. The van der Waals surface area contributed by atoms with Gasteiger partial charge in [-0.1, -0.05) is 42.5 Å². The highest BCUT2D eigenvalue weighted by Crippen LogP contribution is 2.31. The first-order valence-corrected chi connectivity index (χ1v) is 11.9. The Bertz CT molecular complexity index is 1240. The number of amides is 2. The minimum atomic E-state index is -0.491. The van der Waals surface area contributed by atoms with Crippen LogP contribution >= 0.6 is 57.4 Å². The Balaban J connectivity index is 1.60. The molecular formula is C23H16I2N2O3S. The molecule has 31 heavy (non-hydrogen) atoms. The highest BCUT2D eigenvalue weighted by molar-refractivity contribution is 14.1. The van der Waals surface area contributed by atoms with Gasteiger partial charge in [0.15, 0.2) is 5.11 Å². The Hall–Kier alpha value is -2.05. The maximum atomic E-state index is 12.4. The smallest absolute Gasteiger partial charge is 0.265 e. The zero-order chi connectivity index (χ0) is 22.1. The molecule has 4 rings (SSSR count). The third kappa shape index (κ3) is 4.60. The number of benzene rings is 3. The summed E-state index contributed by atoms with van der Waals surface area (Å²) < 4.78 is 7.96. The molecule has 156 valence electrons. The molecule has 0 saturated carbocycles. The van der Waals surface area contributed by atoms with Crippen molar-refractivity contribution in [3.63, 3.8) is 0 Å². The van der Waals surface area contributed by atoms with Crippen molar-refractivity contribution in [3.8, 4) is 5.75 Å². The van der Waals surface area contributed by atoms with Gasteiger partial charge in [0.1, 0.15) is 17.9 Å². The molecule has 0 aliphatic carbocycles. The van der Waals surface area contributed by atoms with E-state index in [0.29, 0.717) is 6.61 Å². The monoisotopic (exact) mass is 654 g/mol. The molecule has 8 heteroatoms. The number of ether oxygens (including phenoxy) is 1. The lowest BCUT2D eigenvalue weighted by atomic mass is 10.1. The van der Waals surface area contributed by atoms with Crippen molar-refractivity contribution in [1.29, 1.82) is 0 Å². The van der Waals surface area contributed by atoms with Crippen molar-refractivity contribution < 1.29 is 14.3 Å². The highest BCUT2D eigenvalue weighted by Gasteiger charge is 2.30. The van der Waals surface area contributed by atoms with E-state index < -0.39 is 11.8 Å². The maximum Gasteiger partial charge on any atom is 0.265 e. The van der Waals surface area contributed by atoms with Crippen molar-refractivity contribution in [3.05, 3.63) is 78.4 Å². The third-order valence-corrected chi connectivity index (χ3v) is 6.87. The van der Waals surface area contributed by atoms with Crippen LogP contribution in [0.25, 0.3) is 16.8 Å². The molecule has 1 heterocycles. The second-order valence-corrected chi connectivity index (χ2v) is 9.63. The highest BCUT2D eigenvalue weighted by atomic mass is 127. The van der Waals surface area contributed by atoms with Crippen LogP contribution in [0.15, 0.2) is 60.2 Å². The van der Waals surface area contributed by atoms with E-state index >= 15 is 0 Å². The van der Waals surface area contributed by atoms with Crippen LogP contribution in [-0.4, -0.2) is 28.9 Å². The number of fused-ring (bicyclic) bond motifs is 1. The van der Waals surface area contributed by atoms with E-state index in [4.69, 9.17) is 17.0 Å². The average molecular weight is 654 g/mol. The molecule has 0 aromatic heterocycles. The van der Waals surface area contributed by atoms with Crippen LogP contribution in [-0.2, 0) is 16.2 Å². The van der Waals surface area contributed by atoms with E-state index in [-0.39, 0.29) is 10.7 Å². The summed E-state index contributed by atoms with van der Waals surface area (Å²) in [5.74, 6) is -0.140. The lowest BCUT2D eigenvalue weighted by Gasteiger charge is -2.25. The second kappa shape index (κ2) is 9.21. The zero-order valence-electron chi connectivity index (χ0n) is 16.3. The molecule has 1 fully saturated rings. The van der Waals surface area contributed by atoms with Crippen LogP contribution in [0, 0.1) is 7.14 Å². The van der Waals surface area contributed by atoms with Crippen LogP contribution in [0.1, 0.15) is 11.1 Å². The van der Waals surface area contributed by atoms with Gasteiger partial charge in [0.05, 0.1) is 7.14 Å². The Morgan fingerprint density at radius 2 is 1.74 bits per heavy atom. The van der Waals surface area contributed by atoms with E-state index in [1.165, 1.54) is 22.7 Å². The van der Waals surface area contributed by atoms with Crippen molar-refractivity contribution in [1.82, 2.24) is 10.2 Å². The van der Waals surface area contributed by atoms with Crippen molar-refractivity contribution in [2.24, 2.45) is 0 Å². The van der Waals surface area contributed by atoms with Crippen molar-refractivity contribution in [2.75, 3.05) is 7.05 Å². The normalized spacial score (nSPS) is 15.5. The number of nitrogens with one attached hydrogen (secondary N) is 1. The fourth-order valence-corrected chi connectivity index (χ4v) is 5.58. The standard InChI is InChI=1S/C23H16I2N2O3S/c1-27-22(29)17(21(28)26-23(27)31)9-13-10-18(24)20(19(25)11-13)30-12-15-7-4-6-14-5-2-3-8-16(14)15/h2-11H,12H2,1H3,(H,26,28,31)/b17-9+. The summed E-state index contributed by atoms with van der Waals surface area (Å²) in [7, 11) is 1.54. The number of hydrogen-bond donors (Lipinski definition) is 1. The fraction of sp³-hybridized carbons (Fsp3) is 0.0870. The van der Waals surface area contributed by atoms with E-state index in [1.807, 2.05) is 30.3 Å². The molecule has 0 spiro atoms. The van der Waals surface area contributed by atoms with E-state index in [1.54, 1.807) is 6.08 Å². The summed E-state index contributed by atoms with van der Waals surface area (Å²) in [6.45, 7) is 0.441. The Morgan fingerprint density at radius 1 is 1.06 bits per heavy atom.